The van der Waals surface area contributed by atoms with E-state index in [9.17, 15) is 0 Å². The minimum absolute atomic E-state index is 0.539. The van der Waals surface area contributed by atoms with Crippen molar-refractivity contribution < 1.29 is 0 Å². The lowest BCUT2D eigenvalue weighted by atomic mass is 10.2. The second-order valence-electron chi connectivity index (χ2n) is 1.56. The predicted octanol–water partition coefficient (Wildman–Crippen LogP) is 1.32. The maximum atomic E-state index is 8.39. The first-order chi connectivity index (χ1) is 4.26. The Morgan fingerprint density at radius 3 is 2.11 bits per heavy atom. The molecule has 0 aromatic heterocycles. The van der Waals surface area contributed by atoms with E-state index >= 15 is 0 Å². The van der Waals surface area contributed by atoms with Gasteiger partial charge in [-0.25, -0.2) is 0 Å². The highest BCUT2D eigenvalue weighted by Crippen LogP contribution is 1.99. The van der Waals surface area contributed by atoms with Gasteiger partial charge in [0.1, 0.15) is 6.07 Å². The lowest BCUT2D eigenvalue weighted by Gasteiger charge is -1.92. The topological polar surface area (TPSA) is 49.8 Å². The maximum Gasteiger partial charge on any atom is 0.101 e. The molecule has 0 rings (SSSR count). The van der Waals surface area contributed by atoms with Gasteiger partial charge in [-0.05, 0) is 13.8 Å². The van der Waals surface area contributed by atoms with Gasteiger partial charge in [-0.2, -0.15) is 5.26 Å². The van der Waals surface area contributed by atoms with Crippen LogP contribution in [0.4, 0.5) is 0 Å². The summed E-state index contributed by atoms with van der Waals surface area (Å²) in [7, 11) is 0. The molecule has 0 aromatic carbocycles. The smallest absolute Gasteiger partial charge is 0.101 e. The summed E-state index contributed by atoms with van der Waals surface area (Å²) in [6.07, 6.45) is 3.40. The van der Waals surface area contributed by atoms with Crippen LogP contribution in [0.2, 0.25) is 0 Å². The van der Waals surface area contributed by atoms with Crippen LogP contribution in [0.1, 0.15) is 13.8 Å². The second-order valence-corrected chi connectivity index (χ2v) is 1.56. The average molecular weight is 122 g/mol. The van der Waals surface area contributed by atoms with Crippen LogP contribution in [-0.4, -0.2) is 0 Å². The minimum Gasteiger partial charge on any atom is -0.398 e. The summed E-state index contributed by atoms with van der Waals surface area (Å²) in [5.41, 5.74) is 6.49. The molecule has 2 N–H and O–H groups in total. The number of nitriles is 1. The first-order valence-electron chi connectivity index (χ1n) is 2.74. The van der Waals surface area contributed by atoms with Crippen LogP contribution in [-0.2, 0) is 0 Å². The van der Waals surface area contributed by atoms with E-state index in [1.165, 1.54) is 0 Å². The monoisotopic (exact) mass is 122 g/mol. The Labute approximate surface area is 55.3 Å². The zero-order chi connectivity index (χ0) is 7.28. The van der Waals surface area contributed by atoms with Crippen LogP contribution >= 0.6 is 0 Å². The lowest BCUT2D eigenvalue weighted by Crippen LogP contribution is -1.97. The van der Waals surface area contributed by atoms with Crippen molar-refractivity contribution in [3.05, 3.63) is 23.4 Å². The van der Waals surface area contributed by atoms with Crippen molar-refractivity contribution in [2.24, 2.45) is 5.73 Å². The van der Waals surface area contributed by atoms with Gasteiger partial charge < -0.3 is 5.73 Å². The molecule has 0 unspecified atom stereocenters. The van der Waals surface area contributed by atoms with Gasteiger partial charge in [-0.3, -0.25) is 0 Å². The molecule has 2 heteroatoms. The molecule has 0 radical (unpaired) electrons. The molecule has 48 valence electrons. The summed E-state index contributed by atoms with van der Waals surface area (Å²) < 4.78 is 0. The highest BCUT2D eigenvalue weighted by Gasteiger charge is 1.92. The third kappa shape index (κ3) is 2.00. The molecular weight excluding hydrogens is 112 g/mol. The zero-order valence-electron chi connectivity index (χ0n) is 5.68. The average Bonchev–Trinajstić information content (AvgIpc) is 1.90. The molecule has 0 atom stereocenters. The highest BCUT2D eigenvalue weighted by molar-refractivity contribution is 5.38. The van der Waals surface area contributed by atoms with Crippen molar-refractivity contribution in [1.82, 2.24) is 0 Å². The second kappa shape index (κ2) is 3.73. The van der Waals surface area contributed by atoms with Gasteiger partial charge in [0, 0.05) is 5.70 Å². The first-order valence-corrected chi connectivity index (χ1v) is 2.74. The molecule has 0 saturated heterocycles. The Balaban J connectivity index is 4.39. The van der Waals surface area contributed by atoms with E-state index in [0.717, 1.165) is 0 Å². The first kappa shape index (κ1) is 7.77. The molecule has 0 saturated carbocycles. The summed E-state index contributed by atoms with van der Waals surface area (Å²) in [4.78, 5) is 0. The van der Waals surface area contributed by atoms with Crippen LogP contribution in [0, 0.1) is 11.3 Å². The Morgan fingerprint density at radius 2 is 2.00 bits per heavy atom. The van der Waals surface area contributed by atoms with Crippen LogP contribution in [0.15, 0.2) is 23.4 Å². The third-order valence-corrected chi connectivity index (χ3v) is 1.03. The number of hydrogen-bond acceptors (Lipinski definition) is 2. The zero-order valence-corrected chi connectivity index (χ0v) is 5.68. The molecule has 0 aliphatic heterocycles. The van der Waals surface area contributed by atoms with E-state index in [4.69, 9.17) is 11.0 Å². The van der Waals surface area contributed by atoms with Crippen LogP contribution in [0.5, 0.6) is 0 Å². The molecule has 0 aromatic rings. The van der Waals surface area contributed by atoms with Crippen LogP contribution in [0.25, 0.3) is 0 Å². The molecule has 0 heterocycles. The Morgan fingerprint density at radius 1 is 1.44 bits per heavy atom. The number of hydrogen-bond donors (Lipinski definition) is 1. The summed E-state index contributed by atoms with van der Waals surface area (Å²) in [6, 6.07) is 1.97. The van der Waals surface area contributed by atoms with E-state index in [1.54, 1.807) is 26.0 Å². The molecule has 9 heavy (non-hydrogen) atoms. The van der Waals surface area contributed by atoms with Crippen LogP contribution < -0.4 is 5.73 Å². The highest BCUT2D eigenvalue weighted by atomic mass is 14.6. The number of nitrogens with zero attached hydrogens (tertiary/aromatic N) is 1. The Hall–Kier alpha value is -1.23. The summed E-state index contributed by atoms with van der Waals surface area (Å²) in [5, 5.41) is 8.39. The van der Waals surface area contributed by atoms with Crippen molar-refractivity contribution in [2.45, 2.75) is 13.8 Å². The van der Waals surface area contributed by atoms with Gasteiger partial charge in [0.2, 0.25) is 0 Å². The Kier molecular flexibility index (Phi) is 3.22. The van der Waals surface area contributed by atoms with Crippen molar-refractivity contribution in [1.29, 1.82) is 5.26 Å². The van der Waals surface area contributed by atoms with Crippen LogP contribution in [0.3, 0.4) is 0 Å². The van der Waals surface area contributed by atoms with Crippen molar-refractivity contribution >= 4 is 0 Å². The van der Waals surface area contributed by atoms with Gasteiger partial charge in [0.25, 0.3) is 0 Å². The molecule has 0 aliphatic carbocycles. The lowest BCUT2D eigenvalue weighted by molar-refractivity contribution is 1.31. The summed E-state index contributed by atoms with van der Waals surface area (Å²) >= 11 is 0. The number of nitrogens with two attached hydrogens (primary N) is 1. The molecule has 0 bridgehead atoms. The fourth-order valence-electron chi connectivity index (χ4n) is 0.451. The van der Waals surface area contributed by atoms with Gasteiger partial charge in [0.15, 0.2) is 0 Å². The van der Waals surface area contributed by atoms with Gasteiger partial charge >= 0.3 is 0 Å². The van der Waals surface area contributed by atoms with Crippen molar-refractivity contribution in [2.75, 3.05) is 0 Å². The SMILES string of the molecule is C/C=C(N)\C(C#N)=C/C. The van der Waals surface area contributed by atoms with Crippen molar-refractivity contribution in [3.8, 4) is 6.07 Å². The van der Waals surface area contributed by atoms with Crippen molar-refractivity contribution in [3.63, 3.8) is 0 Å². The fourth-order valence-corrected chi connectivity index (χ4v) is 0.451. The van der Waals surface area contributed by atoms with E-state index in [-0.39, 0.29) is 0 Å². The third-order valence-electron chi connectivity index (χ3n) is 1.03. The molecule has 0 aliphatic rings. The van der Waals surface area contributed by atoms with Gasteiger partial charge in [-0.1, -0.05) is 12.2 Å². The van der Waals surface area contributed by atoms with E-state index in [1.807, 2.05) is 6.07 Å². The largest absolute Gasteiger partial charge is 0.398 e. The molecule has 0 amide bonds. The molecular formula is C7H10N2. The predicted molar refractivity (Wildman–Crippen MR) is 37.3 cm³/mol. The van der Waals surface area contributed by atoms with E-state index in [0.29, 0.717) is 11.3 Å². The maximum absolute atomic E-state index is 8.39. The molecule has 0 spiro atoms. The minimum atomic E-state index is 0.539. The molecule has 0 fully saturated rings. The van der Waals surface area contributed by atoms with Gasteiger partial charge in [0.05, 0.1) is 5.57 Å². The van der Waals surface area contributed by atoms with Gasteiger partial charge in [-0.15, -0.1) is 0 Å². The van der Waals surface area contributed by atoms with E-state index in [2.05, 4.69) is 0 Å². The quantitative estimate of drug-likeness (QED) is 0.421. The standard InChI is InChI=1S/C7H10N2/c1-3-6(5-8)7(9)4-2/h3-4H,9H2,1-2H3/b6-3-,7-4+. The Bertz CT molecular complexity index is 182. The fraction of sp³-hybridized carbons (Fsp3) is 0.286. The number of rotatable bonds is 1. The number of allylic oxidation sites excluding steroid dienone is 3. The normalized spacial score (nSPS) is 13.0. The molecule has 2 nitrogen and oxygen atoms in total. The van der Waals surface area contributed by atoms with E-state index < -0.39 is 0 Å². The summed E-state index contributed by atoms with van der Waals surface area (Å²) in [6.45, 7) is 3.59. The summed E-state index contributed by atoms with van der Waals surface area (Å²) in [5.74, 6) is 0.